The maximum Gasteiger partial charge on any atom is 0.251 e. The van der Waals surface area contributed by atoms with Gasteiger partial charge in [0, 0.05) is 18.7 Å². The van der Waals surface area contributed by atoms with E-state index in [-0.39, 0.29) is 11.9 Å². The molecule has 0 unspecified atom stereocenters. The zero-order chi connectivity index (χ0) is 20.2. The molecule has 0 fully saturated rings. The number of benzene rings is 2. The Labute approximate surface area is 167 Å². The van der Waals surface area contributed by atoms with Gasteiger partial charge in [-0.25, -0.2) is 4.98 Å². The number of nitrogens with two attached hydrogens (primary N) is 2. The maximum absolute atomic E-state index is 11.6. The molecule has 28 heavy (non-hydrogen) atoms. The molecule has 0 aliphatic heterocycles. The minimum atomic E-state index is -0.0487. The molecule has 0 aliphatic rings. The third-order valence-electron chi connectivity index (χ3n) is 3.61. The SMILES string of the molecule is NC(N)=NCCCCNC(=O)c1ccccc1.O=Cc1nc2ccccc2s1. The standard InChI is InChI=1S/C12H18N4O.C8H5NOS/c13-12(14)16-9-5-4-8-15-11(17)10-6-2-1-3-7-10;10-5-8-9-6-3-1-2-4-7(6)11-8/h1-3,6-7H,4-5,8-9H2,(H,15,17)(H4,13,14,16);1-5H. The number of guanidine groups is 1. The minimum absolute atomic E-state index is 0.0487. The van der Waals surface area contributed by atoms with Crippen molar-refractivity contribution in [3.8, 4) is 0 Å². The summed E-state index contributed by atoms with van der Waals surface area (Å²) in [7, 11) is 0. The van der Waals surface area contributed by atoms with E-state index in [1.165, 1.54) is 11.3 Å². The summed E-state index contributed by atoms with van der Waals surface area (Å²) in [5.74, 6) is 0.0609. The van der Waals surface area contributed by atoms with E-state index in [0.29, 0.717) is 23.7 Å². The van der Waals surface area contributed by atoms with Crippen molar-refractivity contribution >= 4 is 39.7 Å². The molecule has 0 aliphatic carbocycles. The molecule has 1 amide bonds. The number of nitrogens with zero attached hydrogens (tertiary/aromatic N) is 2. The lowest BCUT2D eigenvalue weighted by molar-refractivity contribution is 0.0952. The van der Waals surface area contributed by atoms with Gasteiger partial charge in [0.1, 0.15) is 0 Å². The van der Waals surface area contributed by atoms with Crippen LogP contribution >= 0.6 is 11.3 Å². The lowest BCUT2D eigenvalue weighted by Gasteiger charge is -2.04. The van der Waals surface area contributed by atoms with E-state index in [0.717, 1.165) is 29.3 Å². The molecule has 0 spiro atoms. The molecule has 1 aromatic heterocycles. The zero-order valence-electron chi connectivity index (χ0n) is 15.4. The Morgan fingerprint density at radius 1 is 1.07 bits per heavy atom. The highest BCUT2D eigenvalue weighted by molar-refractivity contribution is 7.19. The lowest BCUT2D eigenvalue weighted by Crippen LogP contribution is -2.25. The molecule has 1 heterocycles. The molecule has 7 nitrogen and oxygen atoms in total. The van der Waals surface area contributed by atoms with Gasteiger partial charge in [-0.05, 0) is 37.1 Å². The fourth-order valence-electron chi connectivity index (χ4n) is 2.28. The third kappa shape index (κ3) is 7.16. The smallest absolute Gasteiger partial charge is 0.251 e. The summed E-state index contributed by atoms with van der Waals surface area (Å²) in [6, 6.07) is 16.8. The number of hydrogen-bond donors (Lipinski definition) is 3. The van der Waals surface area contributed by atoms with Crippen LogP contribution < -0.4 is 16.8 Å². The summed E-state index contributed by atoms with van der Waals surface area (Å²) in [4.78, 5) is 29.9. The zero-order valence-corrected chi connectivity index (χ0v) is 16.2. The number of rotatable bonds is 7. The first-order chi connectivity index (χ1) is 13.6. The van der Waals surface area contributed by atoms with E-state index in [9.17, 15) is 9.59 Å². The van der Waals surface area contributed by atoms with Crippen molar-refractivity contribution in [2.45, 2.75) is 12.8 Å². The number of aromatic nitrogens is 1. The quantitative estimate of drug-likeness (QED) is 0.245. The fourth-order valence-corrected chi connectivity index (χ4v) is 3.06. The highest BCUT2D eigenvalue weighted by Gasteiger charge is 2.02. The summed E-state index contributed by atoms with van der Waals surface area (Å²) >= 11 is 1.42. The number of unbranched alkanes of at least 4 members (excludes halogenated alkanes) is 1. The number of carbonyl (C=O) groups excluding carboxylic acids is 2. The minimum Gasteiger partial charge on any atom is -0.370 e. The molecule has 146 valence electrons. The average Bonchev–Trinajstić information content (AvgIpc) is 3.15. The second-order valence-corrected chi connectivity index (χ2v) is 6.84. The molecule has 8 heteroatoms. The van der Waals surface area contributed by atoms with Crippen molar-refractivity contribution in [2.75, 3.05) is 13.1 Å². The van der Waals surface area contributed by atoms with Crippen LogP contribution in [0.15, 0.2) is 59.6 Å². The van der Waals surface area contributed by atoms with E-state index in [1.807, 2.05) is 42.5 Å². The van der Waals surface area contributed by atoms with Gasteiger partial charge in [0.25, 0.3) is 5.91 Å². The summed E-state index contributed by atoms with van der Waals surface area (Å²) < 4.78 is 1.06. The van der Waals surface area contributed by atoms with Crippen molar-refractivity contribution in [1.82, 2.24) is 10.3 Å². The van der Waals surface area contributed by atoms with E-state index in [4.69, 9.17) is 11.5 Å². The Hall–Kier alpha value is -3.26. The number of carbonyl (C=O) groups is 2. The van der Waals surface area contributed by atoms with E-state index in [1.54, 1.807) is 12.1 Å². The molecule has 5 N–H and O–H groups in total. The molecule has 0 saturated heterocycles. The predicted molar refractivity (Wildman–Crippen MR) is 114 cm³/mol. The highest BCUT2D eigenvalue weighted by atomic mass is 32.1. The first kappa shape index (κ1) is 21.0. The number of nitrogens with one attached hydrogen (secondary N) is 1. The van der Waals surface area contributed by atoms with Crippen LogP contribution in [0.25, 0.3) is 10.2 Å². The number of aldehydes is 1. The number of thiazole rings is 1. The predicted octanol–water partition coefficient (Wildman–Crippen LogP) is 2.58. The summed E-state index contributed by atoms with van der Waals surface area (Å²) in [5, 5.41) is 3.38. The van der Waals surface area contributed by atoms with E-state index < -0.39 is 0 Å². The molecule has 0 radical (unpaired) electrons. The average molecular weight is 398 g/mol. The highest BCUT2D eigenvalue weighted by Crippen LogP contribution is 2.19. The van der Waals surface area contributed by atoms with Crippen LogP contribution in [-0.4, -0.2) is 36.2 Å². The summed E-state index contributed by atoms with van der Waals surface area (Å²) in [6.45, 7) is 1.23. The fraction of sp³-hybridized carbons (Fsp3) is 0.200. The van der Waals surface area contributed by atoms with Crippen molar-refractivity contribution < 1.29 is 9.59 Å². The Morgan fingerprint density at radius 3 is 2.46 bits per heavy atom. The number of amides is 1. The van der Waals surface area contributed by atoms with Crippen LogP contribution in [0.4, 0.5) is 0 Å². The normalized spacial score (nSPS) is 9.86. The Morgan fingerprint density at radius 2 is 1.79 bits per heavy atom. The Kier molecular flexibility index (Phi) is 8.61. The lowest BCUT2D eigenvalue weighted by atomic mass is 10.2. The Balaban J connectivity index is 0.000000218. The monoisotopic (exact) mass is 397 g/mol. The number of fused-ring (bicyclic) bond motifs is 1. The number of aliphatic imine (C=N–C) groups is 1. The topological polar surface area (TPSA) is 123 Å². The van der Waals surface area contributed by atoms with Crippen LogP contribution in [0.2, 0.25) is 0 Å². The number of para-hydroxylation sites is 1. The van der Waals surface area contributed by atoms with Gasteiger partial charge in [0.05, 0.1) is 10.2 Å². The second kappa shape index (κ2) is 11.5. The molecular formula is C20H23N5O2S. The maximum atomic E-state index is 11.6. The molecule has 3 aromatic rings. The van der Waals surface area contributed by atoms with Crippen LogP contribution in [0.5, 0.6) is 0 Å². The van der Waals surface area contributed by atoms with Gasteiger partial charge in [0.15, 0.2) is 17.3 Å². The molecule has 2 aromatic carbocycles. The second-order valence-electron chi connectivity index (χ2n) is 5.77. The van der Waals surface area contributed by atoms with Crippen LogP contribution in [-0.2, 0) is 0 Å². The number of hydrogen-bond acceptors (Lipinski definition) is 5. The molecule has 0 atom stereocenters. The van der Waals surface area contributed by atoms with Crippen molar-refractivity contribution in [1.29, 1.82) is 0 Å². The van der Waals surface area contributed by atoms with E-state index in [2.05, 4.69) is 15.3 Å². The van der Waals surface area contributed by atoms with Gasteiger partial charge < -0.3 is 16.8 Å². The third-order valence-corrected chi connectivity index (χ3v) is 4.57. The van der Waals surface area contributed by atoms with Crippen molar-refractivity contribution in [2.24, 2.45) is 16.5 Å². The van der Waals surface area contributed by atoms with Gasteiger partial charge in [-0.15, -0.1) is 11.3 Å². The van der Waals surface area contributed by atoms with Crippen LogP contribution in [0.3, 0.4) is 0 Å². The first-order valence-corrected chi connectivity index (χ1v) is 9.61. The molecular weight excluding hydrogens is 374 g/mol. The first-order valence-electron chi connectivity index (χ1n) is 8.79. The summed E-state index contributed by atoms with van der Waals surface area (Å²) in [5.41, 5.74) is 12.0. The Bertz CT molecular complexity index is 888. The molecule has 0 bridgehead atoms. The van der Waals surface area contributed by atoms with Crippen LogP contribution in [0.1, 0.15) is 33.0 Å². The van der Waals surface area contributed by atoms with Crippen LogP contribution in [0, 0.1) is 0 Å². The van der Waals surface area contributed by atoms with Gasteiger partial charge in [-0.3, -0.25) is 14.6 Å². The largest absolute Gasteiger partial charge is 0.370 e. The van der Waals surface area contributed by atoms with Gasteiger partial charge in [0.2, 0.25) is 0 Å². The van der Waals surface area contributed by atoms with Gasteiger partial charge in [-0.2, -0.15) is 0 Å². The van der Waals surface area contributed by atoms with Crippen molar-refractivity contribution in [3.05, 3.63) is 65.2 Å². The van der Waals surface area contributed by atoms with Gasteiger partial charge in [-0.1, -0.05) is 30.3 Å². The van der Waals surface area contributed by atoms with Gasteiger partial charge >= 0.3 is 0 Å². The van der Waals surface area contributed by atoms with Crippen molar-refractivity contribution in [3.63, 3.8) is 0 Å². The summed E-state index contributed by atoms with van der Waals surface area (Å²) in [6.07, 6.45) is 2.49. The molecule has 3 rings (SSSR count). The van der Waals surface area contributed by atoms with E-state index >= 15 is 0 Å². The molecule has 0 saturated carbocycles.